The molecule has 0 aliphatic carbocycles. The van der Waals surface area contributed by atoms with Gasteiger partial charge in [-0.15, -0.1) is 0 Å². The minimum atomic E-state index is -3.73. The van der Waals surface area contributed by atoms with Crippen molar-refractivity contribution in [1.29, 1.82) is 0 Å². The first-order valence-corrected chi connectivity index (χ1v) is 12.7. The molecule has 1 aliphatic heterocycles. The third-order valence-electron chi connectivity index (χ3n) is 5.46. The van der Waals surface area contributed by atoms with Crippen LogP contribution in [0.1, 0.15) is 30.6 Å². The van der Waals surface area contributed by atoms with Crippen LogP contribution in [0.5, 0.6) is 5.75 Å². The van der Waals surface area contributed by atoms with Crippen LogP contribution >= 0.6 is 0 Å². The Morgan fingerprint density at radius 2 is 1.91 bits per heavy atom. The largest absolute Gasteiger partial charge is 0.495 e. The molecule has 0 radical (unpaired) electrons. The molecule has 1 atom stereocenters. The van der Waals surface area contributed by atoms with Crippen molar-refractivity contribution in [2.75, 3.05) is 46.6 Å². The molecule has 1 heterocycles. The number of nitrogens with zero attached hydrogens (tertiary/aromatic N) is 1. The normalized spacial score (nSPS) is 15.8. The second kappa shape index (κ2) is 12.7. The second-order valence-corrected chi connectivity index (χ2v) is 9.73. The molecule has 1 aliphatic rings. The zero-order valence-electron chi connectivity index (χ0n) is 19.6. The number of hydrogen-bond acceptors (Lipinski definition) is 6. The fourth-order valence-corrected chi connectivity index (χ4v) is 5.12. The number of methoxy groups -OCH3 is 1. The van der Waals surface area contributed by atoms with Gasteiger partial charge in [0.2, 0.25) is 15.9 Å². The van der Waals surface area contributed by atoms with Crippen LogP contribution in [0.4, 0.5) is 0 Å². The molecule has 9 heteroatoms. The zero-order valence-corrected chi connectivity index (χ0v) is 20.4. The van der Waals surface area contributed by atoms with Gasteiger partial charge >= 0.3 is 0 Å². The molecule has 1 saturated heterocycles. The Labute approximate surface area is 201 Å². The Hall–Kier alpha value is -2.72. The summed E-state index contributed by atoms with van der Waals surface area (Å²) in [5, 5.41) is 2.81. The number of rotatable bonds is 11. The summed E-state index contributed by atoms with van der Waals surface area (Å²) < 4.78 is 43.9. The van der Waals surface area contributed by atoms with Crippen LogP contribution in [-0.4, -0.2) is 65.2 Å². The Kier molecular flexibility index (Phi) is 9.64. The van der Waals surface area contributed by atoms with Crippen LogP contribution in [0.3, 0.4) is 0 Å². The monoisotopic (exact) mass is 488 g/mol. The highest BCUT2D eigenvalue weighted by atomic mass is 32.2. The van der Waals surface area contributed by atoms with E-state index in [4.69, 9.17) is 14.2 Å². The first-order valence-electron chi connectivity index (χ1n) is 11.3. The van der Waals surface area contributed by atoms with Gasteiger partial charge in [-0.25, -0.2) is 8.42 Å². The van der Waals surface area contributed by atoms with Gasteiger partial charge in [0.1, 0.15) is 10.6 Å². The summed E-state index contributed by atoms with van der Waals surface area (Å²) in [6, 6.07) is 14.8. The molecular formula is C25H32N2O6S. The van der Waals surface area contributed by atoms with Crippen LogP contribution < -0.4 is 10.1 Å². The quantitative estimate of drug-likeness (QED) is 0.386. The maximum absolute atomic E-state index is 13.1. The highest BCUT2D eigenvalue weighted by molar-refractivity contribution is 7.89. The molecule has 1 N–H and O–H groups in total. The Balaban J connectivity index is 1.51. The van der Waals surface area contributed by atoms with Crippen molar-refractivity contribution in [3.63, 3.8) is 0 Å². The third kappa shape index (κ3) is 7.14. The van der Waals surface area contributed by atoms with Crippen molar-refractivity contribution in [3.05, 3.63) is 65.7 Å². The third-order valence-corrected chi connectivity index (χ3v) is 7.38. The van der Waals surface area contributed by atoms with Gasteiger partial charge in [-0.3, -0.25) is 4.79 Å². The lowest BCUT2D eigenvalue weighted by Gasteiger charge is -2.26. The summed E-state index contributed by atoms with van der Waals surface area (Å²) in [6.45, 7) is 4.31. The molecule has 1 amide bonds. The van der Waals surface area contributed by atoms with Crippen molar-refractivity contribution in [2.45, 2.75) is 24.3 Å². The van der Waals surface area contributed by atoms with Crippen molar-refractivity contribution >= 4 is 22.0 Å². The molecule has 1 unspecified atom stereocenters. The summed E-state index contributed by atoms with van der Waals surface area (Å²) in [4.78, 5) is 12.3. The number of morpholine rings is 1. The molecule has 2 aromatic rings. The number of amides is 1. The predicted molar refractivity (Wildman–Crippen MR) is 130 cm³/mol. The van der Waals surface area contributed by atoms with Crippen LogP contribution in [0.15, 0.2) is 59.5 Å². The van der Waals surface area contributed by atoms with Gasteiger partial charge < -0.3 is 19.5 Å². The maximum atomic E-state index is 13.1. The van der Waals surface area contributed by atoms with Gasteiger partial charge in [0, 0.05) is 32.3 Å². The summed E-state index contributed by atoms with van der Waals surface area (Å²) in [6.07, 6.45) is 3.65. The number of benzene rings is 2. The first-order chi connectivity index (χ1) is 16.4. The van der Waals surface area contributed by atoms with E-state index in [1.54, 1.807) is 18.2 Å². The fraction of sp³-hybridized carbons (Fsp3) is 0.400. The van der Waals surface area contributed by atoms with Gasteiger partial charge in [0.05, 0.1) is 26.4 Å². The minimum Gasteiger partial charge on any atom is -0.495 e. The average Bonchev–Trinajstić information content (AvgIpc) is 2.88. The number of carbonyl (C=O) groups excluding carboxylic acids is 1. The van der Waals surface area contributed by atoms with Crippen molar-refractivity contribution in [2.24, 2.45) is 0 Å². The minimum absolute atomic E-state index is 0.00481. The highest BCUT2D eigenvalue weighted by Crippen LogP contribution is 2.28. The molecule has 0 spiro atoms. The topological polar surface area (TPSA) is 94.2 Å². The molecule has 0 aromatic heterocycles. The van der Waals surface area contributed by atoms with Crippen molar-refractivity contribution in [3.8, 4) is 5.75 Å². The van der Waals surface area contributed by atoms with Crippen molar-refractivity contribution in [1.82, 2.24) is 9.62 Å². The number of hydrogen-bond donors (Lipinski definition) is 1. The van der Waals surface area contributed by atoms with E-state index in [1.807, 2.05) is 37.3 Å². The Bertz CT molecular complexity index is 1070. The summed E-state index contributed by atoms with van der Waals surface area (Å²) in [5.74, 6) is 0.00216. The van der Waals surface area contributed by atoms with E-state index in [2.05, 4.69) is 5.32 Å². The van der Waals surface area contributed by atoms with E-state index < -0.39 is 10.0 Å². The van der Waals surface area contributed by atoms with Crippen LogP contribution in [0.2, 0.25) is 0 Å². The van der Waals surface area contributed by atoms with Crippen LogP contribution in [-0.2, 0) is 24.3 Å². The van der Waals surface area contributed by atoms with Gasteiger partial charge in [0.25, 0.3) is 0 Å². The van der Waals surface area contributed by atoms with Gasteiger partial charge in [-0.1, -0.05) is 36.4 Å². The van der Waals surface area contributed by atoms with Crippen LogP contribution in [0, 0.1) is 0 Å². The Morgan fingerprint density at radius 1 is 1.18 bits per heavy atom. The molecule has 0 saturated carbocycles. The summed E-state index contributed by atoms with van der Waals surface area (Å²) in [7, 11) is -2.30. The van der Waals surface area contributed by atoms with E-state index in [1.165, 1.54) is 23.6 Å². The van der Waals surface area contributed by atoms with E-state index >= 15 is 0 Å². The smallest absolute Gasteiger partial charge is 0.246 e. The van der Waals surface area contributed by atoms with Gasteiger partial charge in [-0.05, 0) is 42.7 Å². The zero-order chi connectivity index (χ0) is 24.4. The van der Waals surface area contributed by atoms with E-state index in [0.717, 1.165) is 5.56 Å². The lowest BCUT2D eigenvalue weighted by Crippen LogP contribution is -2.40. The molecule has 34 heavy (non-hydrogen) atoms. The van der Waals surface area contributed by atoms with Gasteiger partial charge in [-0.2, -0.15) is 4.31 Å². The molecular weight excluding hydrogens is 456 g/mol. The second-order valence-electron chi connectivity index (χ2n) is 7.83. The average molecular weight is 489 g/mol. The number of nitrogens with one attached hydrogen (secondary N) is 1. The van der Waals surface area contributed by atoms with E-state index in [0.29, 0.717) is 51.4 Å². The molecule has 3 rings (SSSR count). The molecule has 184 valence electrons. The summed E-state index contributed by atoms with van der Waals surface area (Å²) >= 11 is 0. The standard InChI is InChI=1S/C25H32N2O6S/c1-20(22-7-4-3-5-8-22)33-16-6-13-26-25(28)12-10-21-9-11-23(31-2)24(19-21)34(29,30)27-14-17-32-18-15-27/h3-5,7-12,19-20H,6,13-18H2,1-2H3,(H,26,28)/b12-10+. The summed E-state index contributed by atoms with van der Waals surface area (Å²) in [5.41, 5.74) is 1.70. The molecule has 0 bridgehead atoms. The van der Waals surface area contributed by atoms with Crippen LogP contribution in [0.25, 0.3) is 6.08 Å². The number of ether oxygens (including phenoxy) is 3. The Morgan fingerprint density at radius 3 is 2.62 bits per heavy atom. The van der Waals surface area contributed by atoms with Gasteiger partial charge in [0.15, 0.2) is 0 Å². The SMILES string of the molecule is COc1ccc(/C=C/C(=O)NCCCOC(C)c2ccccc2)cc1S(=O)(=O)N1CCOCC1. The van der Waals surface area contributed by atoms with E-state index in [9.17, 15) is 13.2 Å². The molecule has 2 aromatic carbocycles. The van der Waals surface area contributed by atoms with Crippen molar-refractivity contribution < 1.29 is 27.4 Å². The predicted octanol–water partition coefficient (Wildman–Crippen LogP) is 3.01. The highest BCUT2D eigenvalue weighted by Gasteiger charge is 2.29. The molecule has 8 nitrogen and oxygen atoms in total. The lowest BCUT2D eigenvalue weighted by atomic mass is 10.1. The molecule has 1 fully saturated rings. The number of carbonyl (C=O) groups is 1. The maximum Gasteiger partial charge on any atom is 0.246 e. The lowest BCUT2D eigenvalue weighted by molar-refractivity contribution is -0.116. The van der Waals surface area contributed by atoms with E-state index in [-0.39, 0.29) is 22.7 Å². The number of sulfonamides is 1. The fourth-order valence-electron chi connectivity index (χ4n) is 3.52. The first kappa shape index (κ1) is 25.9.